The van der Waals surface area contributed by atoms with Crippen LogP contribution in [0.3, 0.4) is 0 Å². The van der Waals surface area contributed by atoms with Crippen molar-refractivity contribution in [3.8, 4) is 0 Å². The second kappa shape index (κ2) is 14.2. The third-order valence-electron chi connectivity index (χ3n) is 7.09. The summed E-state index contributed by atoms with van der Waals surface area (Å²) in [5.74, 6) is 0.364. The summed E-state index contributed by atoms with van der Waals surface area (Å²) in [6, 6.07) is 12.9. The normalized spacial score (nSPS) is 15.1. The molecule has 6 nitrogen and oxygen atoms in total. The van der Waals surface area contributed by atoms with E-state index in [1.807, 2.05) is 16.2 Å². The minimum atomic E-state index is -0.0916. The molecule has 0 bridgehead atoms. The van der Waals surface area contributed by atoms with Gasteiger partial charge in [-0.1, -0.05) is 64.4 Å². The van der Waals surface area contributed by atoms with Crippen molar-refractivity contribution in [3.05, 3.63) is 57.3 Å². The summed E-state index contributed by atoms with van der Waals surface area (Å²) in [5.41, 5.74) is 2.26. The number of piperazine rings is 1. The molecular weight excluding hydrogens is 492 g/mol. The molecule has 1 N–H and O–H groups in total. The highest BCUT2D eigenvalue weighted by molar-refractivity contribution is 7.11. The average Bonchev–Trinajstić information content (AvgIpc) is 3.33. The first-order valence-corrected chi connectivity index (χ1v) is 15.0. The molecule has 2 aromatic rings. The van der Waals surface area contributed by atoms with Crippen molar-refractivity contribution in [2.75, 3.05) is 39.3 Å². The number of benzene rings is 1. The first-order valence-electron chi connectivity index (χ1n) is 14.2. The molecule has 0 unspecified atom stereocenters. The highest BCUT2D eigenvalue weighted by Gasteiger charge is 2.29. The van der Waals surface area contributed by atoms with Crippen LogP contribution in [0.4, 0.5) is 0 Å². The monoisotopic (exact) mass is 540 g/mol. The first kappa shape index (κ1) is 30.3. The van der Waals surface area contributed by atoms with Crippen LogP contribution >= 0.6 is 11.3 Å². The zero-order valence-electron chi connectivity index (χ0n) is 24.4. The molecule has 0 radical (unpaired) electrons. The molecular formula is C31H48N4O2S. The Morgan fingerprint density at radius 3 is 2.37 bits per heavy atom. The third kappa shape index (κ3) is 9.51. The highest BCUT2D eigenvalue weighted by Crippen LogP contribution is 2.24. The van der Waals surface area contributed by atoms with Gasteiger partial charge in [-0.15, -0.1) is 11.3 Å². The van der Waals surface area contributed by atoms with Crippen LogP contribution in [0.15, 0.2) is 36.4 Å². The average molecular weight is 541 g/mol. The van der Waals surface area contributed by atoms with Gasteiger partial charge in [0.2, 0.25) is 11.8 Å². The fraction of sp³-hybridized carbons (Fsp3) is 0.613. The maximum Gasteiger partial charge on any atom is 0.236 e. The van der Waals surface area contributed by atoms with Crippen LogP contribution in [-0.2, 0) is 29.1 Å². The zero-order valence-corrected chi connectivity index (χ0v) is 25.2. The fourth-order valence-electron chi connectivity index (χ4n) is 5.04. The van der Waals surface area contributed by atoms with Crippen molar-refractivity contribution >= 4 is 23.2 Å². The number of carbonyl (C=O) groups is 2. The Hall–Kier alpha value is -2.22. The van der Waals surface area contributed by atoms with E-state index in [1.165, 1.54) is 15.3 Å². The summed E-state index contributed by atoms with van der Waals surface area (Å²) >= 11 is 1.83. The van der Waals surface area contributed by atoms with Crippen LogP contribution in [0.2, 0.25) is 0 Å². The summed E-state index contributed by atoms with van der Waals surface area (Å²) in [6.07, 6.45) is 2.36. The molecule has 1 aliphatic rings. The Morgan fingerprint density at radius 1 is 1.05 bits per heavy atom. The van der Waals surface area contributed by atoms with Gasteiger partial charge < -0.3 is 15.1 Å². The van der Waals surface area contributed by atoms with Gasteiger partial charge in [0.15, 0.2) is 0 Å². The standard InChI is InChI=1S/C31H48N4O2S/c1-7-26(35(29(36)19-31(4,5)6)20-25-11-9-10-24(3)18-25)21-33(22-28-13-12-27(8-2)38-28)23-30(37)34-16-14-32-15-17-34/h9-13,18,26,32H,7-8,14-17,19-23H2,1-6H3/t26-/m0/s1. The van der Waals surface area contributed by atoms with Crippen LogP contribution < -0.4 is 5.32 Å². The largest absolute Gasteiger partial charge is 0.339 e. The van der Waals surface area contributed by atoms with Crippen molar-refractivity contribution in [2.24, 2.45) is 5.41 Å². The number of aryl methyl sites for hydroxylation is 2. The Balaban J connectivity index is 1.85. The molecule has 1 aromatic carbocycles. The minimum Gasteiger partial charge on any atom is -0.339 e. The summed E-state index contributed by atoms with van der Waals surface area (Å²) in [6.45, 7) is 18.4. The predicted molar refractivity (Wildman–Crippen MR) is 158 cm³/mol. The van der Waals surface area contributed by atoms with Crippen molar-refractivity contribution in [1.29, 1.82) is 0 Å². The van der Waals surface area contributed by atoms with Crippen molar-refractivity contribution in [2.45, 2.75) is 79.9 Å². The molecule has 0 saturated carbocycles. The lowest BCUT2D eigenvalue weighted by molar-refractivity contribution is -0.137. The topological polar surface area (TPSA) is 55.9 Å². The van der Waals surface area contributed by atoms with E-state index in [9.17, 15) is 9.59 Å². The maximum absolute atomic E-state index is 13.7. The quantitative estimate of drug-likeness (QED) is 0.407. The molecule has 7 heteroatoms. The molecule has 3 rings (SSSR count). The molecule has 1 saturated heterocycles. The van der Waals surface area contributed by atoms with E-state index in [1.54, 1.807) is 0 Å². The molecule has 0 aliphatic carbocycles. The Bertz CT molecular complexity index is 1040. The van der Waals surface area contributed by atoms with Crippen molar-refractivity contribution < 1.29 is 9.59 Å². The van der Waals surface area contributed by atoms with Gasteiger partial charge in [0.25, 0.3) is 0 Å². The lowest BCUT2D eigenvalue weighted by Crippen LogP contribution is -2.52. The number of nitrogens with one attached hydrogen (secondary N) is 1. The minimum absolute atomic E-state index is 0.0202. The van der Waals surface area contributed by atoms with Crippen LogP contribution in [-0.4, -0.2) is 71.8 Å². The molecule has 1 fully saturated rings. The van der Waals surface area contributed by atoms with Gasteiger partial charge in [-0.05, 0) is 42.9 Å². The summed E-state index contributed by atoms with van der Waals surface area (Å²) < 4.78 is 0. The second-order valence-electron chi connectivity index (χ2n) is 11.8. The number of thiophene rings is 1. The van der Waals surface area contributed by atoms with Crippen LogP contribution in [0.1, 0.15) is 68.3 Å². The van der Waals surface area contributed by atoms with Gasteiger partial charge in [0.05, 0.1) is 6.54 Å². The molecule has 38 heavy (non-hydrogen) atoms. The summed E-state index contributed by atoms with van der Waals surface area (Å²) in [4.78, 5) is 36.0. The number of hydrogen-bond acceptors (Lipinski definition) is 5. The lowest BCUT2D eigenvalue weighted by atomic mass is 9.91. The van der Waals surface area contributed by atoms with Crippen LogP contribution in [0.25, 0.3) is 0 Å². The predicted octanol–water partition coefficient (Wildman–Crippen LogP) is 5.10. The van der Waals surface area contributed by atoms with Gasteiger partial charge in [0.1, 0.15) is 0 Å². The maximum atomic E-state index is 13.7. The van der Waals surface area contributed by atoms with E-state index < -0.39 is 0 Å². The molecule has 1 aliphatic heterocycles. The van der Waals surface area contributed by atoms with E-state index in [-0.39, 0.29) is 23.3 Å². The summed E-state index contributed by atoms with van der Waals surface area (Å²) in [5, 5.41) is 3.34. The number of carbonyl (C=O) groups excluding carboxylic acids is 2. The van der Waals surface area contributed by atoms with Gasteiger partial charge in [0, 0.05) is 68.0 Å². The molecule has 1 atom stereocenters. The van der Waals surface area contributed by atoms with Gasteiger partial charge in [-0.25, -0.2) is 0 Å². The van der Waals surface area contributed by atoms with Gasteiger partial charge in [-0.3, -0.25) is 14.5 Å². The van der Waals surface area contributed by atoms with E-state index in [0.717, 1.165) is 51.1 Å². The van der Waals surface area contributed by atoms with E-state index in [4.69, 9.17) is 0 Å². The SMILES string of the molecule is CCc1ccc(CN(CC(=O)N2CCNCC2)C[C@H](CC)N(Cc2cccc(C)c2)C(=O)CC(C)(C)C)s1. The van der Waals surface area contributed by atoms with Crippen molar-refractivity contribution in [1.82, 2.24) is 20.0 Å². The van der Waals surface area contributed by atoms with Crippen LogP contribution in [0, 0.1) is 12.3 Å². The molecule has 0 spiro atoms. The Kier molecular flexibility index (Phi) is 11.4. The summed E-state index contributed by atoms with van der Waals surface area (Å²) in [7, 11) is 0. The fourth-order valence-corrected chi connectivity index (χ4v) is 6.04. The number of amides is 2. The van der Waals surface area contributed by atoms with Gasteiger partial charge in [-0.2, -0.15) is 0 Å². The van der Waals surface area contributed by atoms with E-state index in [2.05, 4.69) is 93.1 Å². The molecule has 2 amide bonds. The third-order valence-corrected chi connectivity index (χ3v) is 8.31. The molecule has 2 heterocycles. The number of nitrogens with zero attached hydrogens (tertiary/aromatic N) is 3. The zero-order chi connectivity index (χ0) is 27.7. The molecule has 210 valence electrons. The smallest absolute Gasteiger partial charge is 0.236 e. The highest BCUT2D eigenvalue weighted by atomic mass is 32.1. The lowest BCUT2D eigenvalue weighted by Gasteiger charge is -2.37. The molecule has 1 aromatic heterocycles. The Morgan fingerprint density at radius 2 is 1.76 bits per heavy atom. The van der Waals surface area contributed by atoms with Gasteiger partial charge >= 0.3 is 0 Å². The first-order chi connectivity index (χ1) is 18.1. The van der Waals surface area contributed by atoms with E-state index >= 15 is 0 Å². The Labute approximate surface area is 234 Å². The van der Waals surface area contributed by atoms with Crippen LogP contribution in [0.5, 0.6) is 0 Å². The van der Waals surface area contributed by atoms with Crippen molar-refractivity contribution in [3.63, 3.8) is 0 Å². The second-order valence-corrected chi connectivity index (χ2v) is 13.1. The van der Waals surface area contributed by atoms with E-state index in [0.29, 0.717) is 26.1 Å². The number of rotatable bonds is 12. The number of hydrogen-bond donors (Lipinski definition) is 1.